The van der Waals surface area contributed by atoms with E-state index in [0.29, 0.717) is 5.41 Å². The molecule has 4 aliphatic rings. The molecule has 4 aromatic rings. The minimum atomic E-state index is 0.0662. The van der Waals surface area contributed by atoms with E-state index in [1.165, 1.54) is 44.1 Å². The number of fused-ring (bicyclic) bond motifs is 3. The summed E-state index contributed by atoms with van der Waals surface area (Å²) in [5.41, 5.74) is 5.55. The predicted molar refractivity (Wildman–Crippen MR) is 138 cm³/mol. The smallest absolute Gasteiger partial charge is 0.251 e. The van der Waals surface area contributed by atoms with Crippen LogP contribution in [0.1, 0.15) is 61.4 Å². The van der Waals surface area contributed by atoms with Crippen LogP contribution in [0.5, 0.6) is 0 Å². The SMILES string of the molecule is Cc1ccc(-c2cn3c(n2)sc2cc(C(=O)N[C@H](C)C45CC6CC(CC(C6)C4)C5)ccc23)cc1. The second-order valence-electron chi connectivity index (χ2n) is 11.4. The molecule has 4 fully saturated rings. The number of hydrogen-bond donors (Lipinski definition) is 1. The number of thiazole rings is 1. The fourth-order valence-corrected chi connectivity index (χ4v) is 8.69. The van der Waals surface area contributed by atoms with Crippen molar-refractivity contribution < 1.29 is 4.79 Å². The first-order valence-electron chi connectivity index (χ1n) is 12.8. The van der Waals surface area contributed by atoms with Crippen LogP contribution in [0.25, 0.3) is 26.4 Å². The van der Waals surface area contributed by atoms with Gasteiger partial charge < -0.3 is 5.32 Å². The number of rotatable bonds is 4. The third kappa shape index (κ3) is 3.24. The number of carbonyl (C=O) groups excluding carboxylic acids is 1. The van der Waals surface area contributed by atoms with Gasteiger partial charge in [-0.25, -0.2) is 4.98 Å². The Morgan fingerprint density at radius 3 is 2.41 bits per heavy atom. The minimum Gasteiger partial charge on any atom is -0.349 e. The monoisotopic (exact) mass is 469 g/mol. The molecule has 174 valence electrons. The lowest BCUT2D eigenvalue weighted by atomic mass is 9.48. The van der Waals surface area contributed by atoms with Gasteiger partial charge in [-0.15, -0.1) is 0 Å². The molecule has 8 rings (SSSR count). The van der Waals surface area contributed by atoms with Gasteiger partial charge in [0.1, 0.15) is 0 Å². The van der Waals surface area contributed by atoms with Crippen molar-refractivity contribution in [1.29, 1.82) is 0 Å². The lowest BCUT2D eigenvalue weighted by molar-refractivity contribution is -0.0688. The first-order chi connectivity index (χ1) is 16.5. The zero-order chi connectivity index (χ0) is 23.0. The summed E-state index contributed by atoms with van der Waals surface area (Å²) in [5, 5.41) is 3.42. The molecule has 1 N–H and O–H groups in total. The van der Waals surface area contributed by atoms with Crippen LogP contribution in [-0.2, 0) is 0 Å². The number of hydrogen-bond acceptors (Lipinski definition) is 3. The number of nitrogens with zero attached hydrogens (tertiary/aromatic N) is 2. The Bertz CT molecular complexity index is 1380. The van der Waals surface area contributed by atoms with Crippen LogP contribution in [0.3, 0.4) is 0 Å². The molecule has 4 saturated carbocycles. The Labute approximate surface area is 204 Å². The number of amides is 1. The molecule has 4 nitrogen and oxygen atoms in total. The highest BCUT2D eigenvalue weighted by molar-refractivity contribution is 7.23. The van der Waals surface area contributed by atoms with Crippen LogP contribution in [0.2, 0.25) is 0 Å². The first kappa shape index (κ1) is 20.7. The van der Waals surface area contributed by atoms with Crippen molar-refractivity contribution in [2.75, 3.05) is 0 Å². The third-order valence-electron chi connectivity index (χ3n) is 9.06. The van der Waals surface area contributed by atoms with Gasteiger partial charge in [0, 0.05) is 23.4 Å². The summed E-state index contributed by atoms with van der Waals surface area (Å²) in [6.07, 6.45) is 10.3. The number of nitrogens with one attached hydrogen (secondary N) is 1. The maximum Gasteiger partial charge on any atom is 0.251 e. The predicted octanol–water partition coefficient (Wildman–Crippen LogP) is 6.86. The topological polar surface area (TPSA) is 46.4 Å². The molecular formula is C29H31N3OS. The fourth-order valence-electron chi connectivity index (χ4n) is 7.65. The van der Waals surface area contributed by atoms with Crippen molar-refractivity contribution in [3.8, 4) is 11.3 Å². The molecule has 1 amide bonds. The van der Waals surface area contributed by atoms with Crippen molar-refractivity contribution >= 4 is 32.4 Å². The third-order valence-corrected chi connectivity index (χ3v) is 10.1. The zero-order valence-electron chi connectivity index (χ0n) is 19.9. The van der Waals surface area contributed by atoms with E-state index in [1.54, 1.807) is 11.3 Å². The number of imidazole rings is 1. The summed E-state index contributed by atoms with van der Waals surface area (Å²) in [7, 11) is 0. The Balaban J connectivity index is 1.14. The normalized spacial score (nSPS) is 28.6. The largest absolute Gasteiger partial charge is 0.349 e. The summed E-state index contributed by atoms with van der Waals surface area (Å²) in [6.45, 7) is 4.36. The number of benzene rings is 2. The molecule has 2 aromatic carbocycles. The van der Waals surface area contributed by atoms with E-state index in [9.17, 15) is 4.79 Å². The van der Waals surface area contributed by atoms with Gasteiger partial charge >= 0.3 is 0 Å². The van der Waals surface area contributed by atoms with Crippen molar-refractivity contribution in [1.82, 2.24) is 14.7 Å². The van der Waals surface area contributed by atoms with E-state index in [4.69, 9.17) is 4.98 Å². The molecule has 1 atom stereocenters. The fraction of sp³-hybridized carbons (Fsp3) is 0.448. The van der Waals surface area contributed by atoms with Crippen LogP contribution >= 0.6 is 11.3 Å². The van der Waals surface area contributed by atoms with Gasteiger partial charge in [-0.1, -0.05) is 41.2 Å². The summed E-state index contributed by atoms with van der Waals surface area (Å²) in [5.74, 6) is 2.76. The van der Waals surface area contributed by atoms with E-state index in [-0.39, 0.29) is 11.9 Å². The van der Waals surface area contributed by atoms with Crippen LogP contribution in [0.4, 0.5) is 0 Å². The summed E-state index contributed by atoms with van der Waals surface area (Å²) in [4.78, 5) is 19.1. The molecule has 2 heterocycles. The van der Waals surface area contributed by atoms with Gasteiger partial charge in [0.05, 0.1) is 15.9 Å². The molecule has 34 heavy (non-hydrogen) atoms. The van der Waals surface area contributed by atoms with Crippen LogP contribution in [-0.4, -0.2) is 21.3 Å². The zero-order valence-corrected chi connectivity index (χ0v) is 20.7. The van der Waals surface area contributed by atoms with E-state index in [0.717, 1.165) is 49.8 Å². The molecule has 0 radical (unpaired) electrons. The lowest BCUT2D eigenvalue weighted by Crippen LogP contribution is -2.55. The van der Waals surface area contributed by atoms with Crippen LogP contribution < -0.4 is 5.32 Å². The molecule has 0 spiro atoms. The van der Waals surface area contributed by atoms with Crippen molar-refractivity contribution in [3.05, 3.63) is 59.8 Å². The molecule has 0 saturated heterocycles. The van der Waals surface area contributed by atoms with E-state index in [1.807, 2.05) is 12.1 Å². The van der Waals surface area contributed by atoms with Crippen molar-refractivity contribution in [3.63, 3.8) is 0 Å². The molecule has 5 heteroatoms. The van der Waals surface area contributed by atoms with Gasteiger partial charge in [0.2, 0.25) is 0 Å². The Morgan fingerprint density at radius 1 is 1.06 bits per heavy atom. The van der Waals surface area contributed by atoms with Gasteiger partial charge in [-0.3, -0.25) is 9.20 Å². The maximum absolute atomic E-state index is 13.3. The highest BCUT2D eigenvalue weighted by Gasteiger charge is 2.53. The Hall–Kier alpha value is -2.66. The maximum atomic E-state index is 13.3. The van der Waals surface area contributed by atoms with Gasteiger partial charge in [0.15, 0.2) is 4.96 Å². The number of aryl methyl sites for hydroxylation is 1. The summed E-state index contributed by atoms with van der Waals surface area (Å²) < 4.78 is 3.25. The van der Waals surface area contributed by atoms with Crippen molar-refractivity contribution in [2.24, 2.45) is 23.2 Å². The van der Waals surface area contributed by atoms with Gasteiger partial charge in [0.25, 0.3) is 5.91 Å². The molecular weight excluding hydrogens is 438 g/mol. The standard InChI is InChI=1S/C29H31N3OS/c1-17-3-5-22(6-4-17)24-16-32-25-8-7-23(12-26(25)34-28(32)31-24)27(33)30-18(2)29-13-19-9-20(14-29)11-21(10-19)15-29/h3-8,12,16,18-21H,9-11,13-15H2,1-2H3,(H,30,33)/t18-,19?,20?,21?,29?/m1/s1. The Morgan fingerprint density at radius 2 is 1.74 bits per heavy atom. The first-order valence-corrected chi connectivity index (χ1v) is 13.6. The van der Waals surface area contributed by atoms with E-state index >= 15 is 0 Å². The van der Waals surface area contributed by atoms with Crippen LogP contribution in [0, 0.1) is 30.1 Å². The van der Waals surface area contributed by atoms with Gasteiger partial charge in [-0.05, 0) is 93.7 Å². The average Bonchev–Trinajstić information content (AvgIpc) is 3.36. The number of carbonyl (C=O) groups is 1. The molecule has 4 aliphatic carbocycles. The molecule has 4 bridgehead atoms. The van der Waals surface area contributed by atoms with E-state index in [2.05, 4.69) is 60.1 Å². The van der Waals surface area contributed by atoms with Crippen molar-refractivity contribution in [2.45, 2.75) is 58.4 Å². The average molecular weight is 470 g/mol. The summed E-state index contributed by atoms with van der Waals surface area (Å²) in [6, 6.07) is 14.8. The second kappa shape index (κ2) is 7.42. The van der Waals surface area contributed by atoms with Gasteiger partial charge in [-0.2, -0.15) is 0 Å². The number of aromatic nitrogens is 2. The molecule has 0 aliphatic heterocycles. The quantitative estimate of drug-likeness (QED) is 0.355. The Kier molecular flexibility index (Phi) is 4.51. The minimum absolute atomic E-state index is 0.0662. The van der Waals surface area contributed by atoms with E-state index < -0.39 is 0 Å². The second-order valence-corrected chi connectivity index (χ2v) is 12.4. The van der Waals surface area contributed by atoms with Crippen LogP contribution in [0.15, 0.2) is 48.7 Å². The highest BCUT2D eigenvalue weighted by Crippen LogP contribution is 2.61. The molecule has 2 aromatic heterocycles. The highest BCUT2D eigenvalue weighted by atomic mass is 32.1. The molecule has 0 unspecified atom stereocenters. The summed E-state index contributed by atoms with van der Waals surface area (Å²) >= 11 is 1.65. The lowest BCUT2D eigenvalue weighted by Gasteiger charge is -2.59.